The first-order valence-corrected chi connectivity index (χ1v) is 5.36. The third kappa shape index (κ3) is 2.45. The van der Waals surface area contributed by atoms with Gasteiger partial charge < -0.3 is 11.1 Å². The van der Waals surface area contributed by atoms with Crippen molar-refractivity contribution in [2.24, 2.45) is 0 Å². The van der Waals surface area contributed by atoms with Gasteiger partial charge >= 0.3 is 0 Å². The van der Waals surface area contributed by atoms with Crippen LogP contribution in [0.5, 0.6) is 0 Å². The number of pyridine rings is 1. The highest BCUT2D eigenvalue weighted by Crippen LogP contribution is 2.17. The zero-order valence-corrected chi connectivity index (χ0v) is 9.77. The van der Waals surface area contributed by atoms with E-state index in [4.69, 9.17) is 5.73 Å². The lowest BCUT2D eigenvalue weighted by molar-refractivity contribution is 0.102. The molecule has 18 heavy (non-hydrogen) atoms. The van der Waals surface area contributed by atoms with Gasteiger partial charge in [0, 0.05) is 17.6 Å². The molecule has 0 fully saturated rings. The van der Waals surface area contributed by atoms with Gasteiger partial charge in [0.2, 0.25) is 0 Å². The van der Waals surface area contributed by atoms with Crippen LogP contribution in [0, 0.1) is 12.7 Å². The summed E-state index contributed by atoms with van der Waals surface area (Å²) in [6.07, 6.45) is 1.58. The van der Waals surface area contributed by atoms with E-state index < -0.39 is 11.7 Å². The molecule has 4 nitrogen and oxygen atoms in total. The van der Waals surface area contributed by atoms with Crippen LogP contribution in [0.25, 0.3) is 0 Å². The van der Waals surface area contributed by atoms with Crippen molar-refractivity contribution in [3.05, 3.63) is 53.6 Å². The molecule has 2 aromatic rings. The lowest BCUT2D eigenvalue weighted by Crippen LogP contribution is -2.14. The summed E-state index contributed by atoms with van der Waals surface area (Å²) in [6, 6.07) is 7.50. The first-order valence-electron chi connectivity index (χ1n) is 5.36. The van der Waals surface area contributed by atoms with E-state index in [1.165, 1.54) is 18.2 Å². The van der Waals surface area contributed by atoms with Crippen molar-refractivity contribution in [2.45, 2.75) is 6.92 Å². The van der Waals surface area contributed by atoms with Crippen LogP contribution in [0.2, 0.25) is 0 Å². The van der Waals surface area contributed by atoms with Gasteiger partial charge in [0.15, 0.2) is 0 Å². The number of aryl methyl sites for hydroxylation is 1. The molecule has 0 spiro atoms. The number of aromatic nitrogens is 1. The number of carbonyl (C=O) groups excluding carboxylic acids is 1. The Labute approximate surface area is 104 Å². The van der Waals surface area contributed by atoms with Crippen molar-refractivity contribution in [3.8, 4) is 0 Å². The van der Waals surface area contributed by atoms with Gasteiger partial charge in [-0.15, -0.1) is 0 Å². The van der Waals surface area contributed by atoms with Crippen molar-refractivity contribution in [1.29, 1.82) is 0 Å². The Morgan fingerprint density at radius 1 is 1.39 bits per heavy atom. The number of carbonyl (C=O) groups is 1. The van der Waals surface area contributed by atoms with Gasteiger partial charge in [0.05, 0.1) is 11.3 Å². The third-order valence-corrected chi connectivity index (χ3v) is 2.45. The summed E-state index contributed by atoms with van der Waals surface area (Å²) >= 11 is 0. The highest BCUT2D eigenvalue weighted by molar-refractivity contribution is 6.07. The van der Waals surface area contributed by atoms with E-state index in [2.05, 4.69) is 10.3 Å². The van der Waals surface area contributed by atoms with Crippen LogP contribution in [0.15, 0.2) is 36.5 Å². The van der Waals surface area contributed by atoms with E-state index in [1.54, 1.807) is 18.3 Å². The average molecular weight is 245 g/mol. The highest BCUT2D eigenvalue weighted by atomic mass is 19.1. The fraction of sp³-hybridized carbons (Fsp3) is 0.0769. The monoisotopic (exact) mass is 245 g/mol. The van der Waals surface area contributed by atoms with Gasteiger partial charge in [-0.3, -0.25) is 9.78 Å². The van der Waals surface area contributed by atoms with Crippen LogP contribution in [0.1, 0.15) is 16.1 Å². The predicted octanol–water partition coefficient (Wildman–Crippen LogP) is 2.36. The van der Waals surface area contributed by atoms with E-state index in [9.17, 15) is 9.18 Å². The first-order chi connectivity index (χ1) is 8.58. The molecular weight excluding hydrogens is 233 g/mol. The summed E-state index contributed by atoms with van der Waals surface area (Å²) in [5.41, 5.74) is 6.85. The molecule has 1 amide bonds. The van der Waals surface area contributed by atoms with E-state index in [-0.39, 0.29) is 11.3 Å². The first kappa shape index (κ1) is 12.0. The van der Waals surface area contributed by atoms with Crippen molar-refractivity contribution < 1.29 is 9.18 Å². The van der Waals surface area contributed by atoms with Gasteiger partial charge in [-0.2, -0.15) is 0 Å². The molecule has 0 unspecified atom stereocenters. The number of para-hydroxylation sites is 1. The Hall–Kier alpha value is -2.43. The number of nitrogens with one attached hydrogen (secondary N) is 1. The largest absolute Gasteiger partial charge is 0.396 e. The standard InChI is InChI=1S/C13H12FN3O/c1-8-7-9(5-6-16-8)17-13(18)10-3-2-4-11(14)12(10)15/h2-7H,15H2,1H3,(H,16,17,18). The van der Waals surface area contributed by atoms with Crippen LogP contribution in [0.4, 0.5) is 15.8 Å². The summed E-state index contributed by atoms with van der Waals surface area (Å²) in [5, 5.41) is 2.64. The van der Waals surface area contributed by atoms with Crippen LogP contribution in [0.3, 0.4) is 0 Å². The molecule has 0 radical (unpaired) electrons. The maximum Gasteiger partial charge on any atom is 0.257 e. The SMILES string of the molecule is Cc1cc(NC(=O)c2cccc(F)c2N)ccn1. The van der Waals surface area contributed by atoms with Crippen molar-refractivity contribution in [1.82, 2.24) is 4.98 Å². The second-order valence-electron chi connectivity index (χ2n) is 3.84. The Bertz CT molecular complexity index is 599. The van der Waals surface area contributed by atoms with E-state index in [0.717, 1.165) is 5.69 Å². The lowest BCUT2D eigenvalue weighted by Gasteiger charge is -2.08. The number of halogens is 1. The molecule has 0 saturated heterocycles. The van der Waals surface area contributed by atoms with Crippen LogP contribution in [-0.4, -0.2) is 10.9 Å². The fourth-order valence-electron chi connectivity index (χ4n) is 1.56. The smallest absolute Gasteiger partial charge is 0.257 e. The molecule has 5 heteroatoms. The topological polar surface area (TPSA) is 68.0 Å². The van der Waals surface area contributed by atoms with Crippen LogP contribution < -0.4 is 11.1 Å². The minimum atomic E-state index is -0.603. The maximum absolute atomic E-state index is 13.2. The molecular formula is C13H12FN3O. The molecule has 0 aliphatic rings. The summed E-state index contributed by atoms with van der Waals surface area (Å²) in [5.74, 6) is -1.05. The predicted molar refractivity (Wildman–Crippen MR) is 67.7 cm³/mol. The molecule has 3 N–H and O–H groups in total. The summed E-state index contributed by atoms with van der Waals surface area (Å²) < 4.78 is 13.2. The Balaban J connectivity index is 2.25. The number of rotatable bonds is 2. The number of nitrogens with two attached hydrogens (primary N) is 1. The number of hydrogen-bond donors (Lipinski definition) is 2. The molecule has 0 saturated carbocycles. The molecule has 0 bridgehead atoms. The molecule has 1 aromatic carbocycles. The van der Waals surface area contributed by atoms with E-state index in [0.29, 0.717) is 5.69 Å². The summed E-state index contributed by atoms with van der Waals surface area (Å²) in [4.78, 5) is 15.9. The van der Waals surface area contributed by atoms with Crippen LogP contribution in [-0.2, 0) is 0 Å². The molecule has 1 aromatic heterocycles. The number of hydrogen-bond acceptors (Lipinski definition) is 3. The highest BCUT2D eigenvalue weighted by Gasteiger charge is 2.12. The molecule has 0 aliphatic carbocycles. The zero-order chi connectivity index (χ0) is 13.1. The molecule has 92 valence electrons. The Morgan fingerprint density at radius 2 is 2.17 bits per heavy atom. The van der Waals surface area contributed by atoms with Gasteiger partial charge in [-0.05, 0) is 31.2 Å². The summed E-state index contributed by atoms with van der Waals surface area (Å²) in [6.45, 7) is 1.81. The average Bonchev–Trinajstić information content (AvgIpc) is 2.32. The van der Waals surface area contributed by atoms with Gasteiger partial charge in [-0.1, -0.05) is 6.07 Å². The minimum absolute atomic E-state index is 0.115. The van der Waals surface area contributed by atoms with E-state index >= 15 is 0 Å². The molecule has 2 rings (SSSR count). The Morgan fingerprint density at radius 3 is 2.89 bits per heavy atom. The van der Waals surface area contributed by atoms with Gasteiger partial charge in [0.1, 0.15) is 5.82 Å². The number of benzene rings is 1. The zero-order valence-electron chi connectivity index (χ0n) is 9.77. The number of nitrogens with zero attached hydrogens (tertiary/aromatic N) is 1. The van der Waals surface area contributed by atoms with Gasteiger partial charge in [-0.25, -0.2) is 4.39 Å². The summed E-state index contributed by atoms with van der Waals surface area (Å²) in [7, 11) is 0. The molecule has 0 atom stereocenters. The minimum Gasteiger partial charge on any atom is -0.396 e. The van der Waals surface area contributed by atoms with Crippen molar-refractivity contribution in [3.63, 3.8) is 0 Å². The number of anilines is 2. The fourth-order valence-corrected chi connectivity index (χ4v) is 1.56. The number of amides is 1. The van der Waals surface area contributed by atoms with E-state index in [1.807, 2.05) is 6.92 Å². The quantitative estimate of drug-likeness (QED) is 0.798. The maximum atomic E-state index is 13.2. The second-order valence-corrected chi connectivity index (χ2v) is 3.84. The Kier molecular flexibility index (Phi) is 3.23. The second kappa shape index (κ2) is 4.83. The molecule has 1 heterocycles. The van der Waals surface area contributed by atoms with Gasteiger partial charge in [0.25, 0.3) is 5.91 Å². The van der Waals surface area contributed by atoms with Crippen LogP contribution >= 0.6 is 0 Å². The lowest BCUT2D eigenvalue weighted by atomic mass is 10.1. The van der Waals surface area contributed by atoms with Crippen molar-refractivity contribution >= 4 is 17.3 Å². The third-order valence-electron chi connectivity index (χ3n) is 2.45. The normalized spacial score (nSPS) is 10.1. The number of nitrogen functional groups attached to an aromatic ring is 1. The molecule has 0 aliphatic heterocycles. The van der Waals surface area contributed by atoms with Crippen molar-refractivity contribution in [2.75, 3.05) is 11.1 Å².